The summed E-state index contributed by atoms with van der Waals surface area (Å²) in [4.78, 5) is 41.3. The Morgan fingerprint density at radius 2 is 1.84 bits per heavy atom. The number of hydrogen-bond acceptors (Lipinski definition) is 8. The van der Waals surface area contributed by atoms with Gasteiger partial charge >= 0.3 is 5.97 Å². The molecule has 1 spiro atoms. The lowest BCUT2D eigenvalue weighted by Gasteiger charge is -2.34. The molecule has 0 amide bonds. The molecule has 11 nitrogen and oxygen atoms in total. The van der Waals surface area contributed by atoms with Crippen molar-refractivity contribution in [2.24, 2.45) is 11.3 Å². The third-order valence-electron chi connectivity index (χ3n) is 8.18. The molecule has 1 unspecified atom stereocenters. The number of anilines is 4. The van der Waals surface area contributed by atoms with E-state index in [1.807, 2.05) is 24.3 Å². The summed E-state index contributed by atoms with van der Waals surface area (Å²) in [5, 5.41) is 19.4. The molecule has 0 bridgehead atoms. The number of rotatable bonds is 5. The molecular weight excluding hydrogens is 472 g/mol. The molecule has 1 atom stereocenters. The number of carboxylic acid groups (broad SMARTS) is 1. The number of H-pyrrole nitrogens is 1. The molecule has 6 rings (SSSR count). The number of benzene rings is 1. The van der Waals surface area contributed by atoms with Gasteiger partial charge in [-0.3, -0.25) is 9.59 Å². The maximum Gasteiger partial charge on any atom is 0.307 e. The van der Waals surface area contributed by atoms with Gasteiger partial charge in [0, 0.05) is 50.4 Å². The first-order valence-electron chi connectivity index (χ1n) is 12.7. The number of nitrogens with one attached hydrogen (secondary N) is 2. The highest BCUT2D eigenvalue weighted by molar-refractivity contribution is 5.90. The first kappa shape index (κ1) is 23.2. The molecule has 2 aromatic heterocycles. The maximum atomic E-state index is 12.6. The van der Waals surface area contributed by atoms with Gasteiger partial charge < -0.3 is 25.1 Å². The van der Waals surface area contributed by atoms with Gasteiger partial charge in [0.15, 0.2) is 0 Å². The molecule has 190 valence electrons. The summed E-state index contributed by atoms with van der Waals surface area (Å²) in [5.74, 6) is 0.0967. The van der Waals surface area contributed by atoms with E-state index >= 15 is 0 Å². The zero-order chi connectivity index (χ0) is 25.6. The van der Waals surface area contributed by atoms with Crippen LogP contribution in [0.15, 0.2) is 35.3 Å². The van der Waals surface area contributed by atoms with Crippen LogP contribution in [0.2, 0.25) is 0 Å². The van der Waals surface area contributed by atoms with Crippen LogP contribution in [0.4, 0.5) is 23.1 Å². The highest BCUT2D eigenvalue weighted by Gasteiger charge is 2.58. The molecule has 3 aliphatic rings. The fraction of sp³-hybridized carbons (Fsp3) is 0.462. The summed E-state index contributed by atoms with van der Waals surface area (Å²) in [6, 6.07) is 8.02. The van der Waals surface area contributed by atoms with Gasteiger partial charge in [-0.05, 0) is 48.9 Å². The number of nitrogens with zero attached hydrogens (tertiary/aromatic N) is 6. The van der Waals surface area contributed by atoms with Crippen LogP contribution in [0, 0.1) is 17.9 Å². The van der Waals surface area contributed by atoms with Crippen molar-refractivity contribution in [2.45, 2.75) is 38.1 Å². The lowest BCUT2D eigenvalue weighted by atomic mass is 9.90. The molecule has 3 aromatic rings. The summed E-state index contributed by atoms with van der Waals surface area (Å²) in [6.45, 7) is 10.4. The van der Waals surface area contributed by atoms with Gasteiger partial charge in [0.25, 0.3) is 5.56 Å². The van der Waals surface area contributed by atoms with E-state index < -0.39 is 5.97 Å². The number of piperidine rings is 2. The maximum absolute atomic E-state index is 12.6. The Morgan fingerprint density at radius 1 is 1.11 bits per heavy atom. The largest absolute Gasteiger partial charge is 0.481 e. The van der Waals surface area contributed by atoms with Gasteiger partial charge in [-0.25, -0.2) is 16.7 Å². The minimum Gasteiger partial charge on any atom is -0.481 e. The zero-order valence-electron chi connectivity index (χ0n) is 20.4. The number of aromatic amines is 1. The molecule has 1 aromatic carbocycles. The standard InChI is InChI=1S/C26H28N8O3/c1-27-16-6-10-34(11-7-16)25-30-20-15-28-32-23(35)21(20)22(31-25)29-17-2-4-18(5-3-17)33-12-8-26(9-13-33)14-19(26)24(36)37/h2-5,15-16,19H,6-14H2,(H,32,35)(H,36,37)(H,29,30,31). The second kappa shape index (κ2) is 9.03. The van der Waals surface area contributed by atoms with Gasteiger partial charge in [0.2, 0.25) is 12.0 Å². The highest BCUT2D eigenvalue weighted by Crippen LogP contribution is 2.59. The first-order chi connectivity index (χ1) is 18.0. The van der Waals surface area contributed by atoms with Crippen molar-refractivity contribution in [3.63, 3.8) is 0 Å². The van der Waals surface area contributed by atoms with Crippen molar-refractivity contribution in [1.29, 1.82) is 0 Å². The van der Waals surface area contributed by atoms with E-state index in [1.165, 1.54) is 6.20 Å². The second-order valence-electron chi connectivity index (χ2n) is 10.3. The molecule has 1 saturated carbocycles. The Kier molecular flexibility index (Phi) is 5.67. The lowest BCUT2D eigenvalue weighted by molar-refractivity contribution is -0.139. The van der Waals surface area contributed by atoms with Gasteiger partial charge in [-0.1, -0.05) is 0 Å². The van der Waals surface area contributed by atoms with Gasteiger partial charge in [0.1, 0.15) is 16.7 Å². The number of aromatic nitrogens is 4. The van der Waals surface area contributed by atoms with Crippen LogP contribution >= 0.6 is 0 Å². The second-order valence-corrected chi connectivity index (χ2v) is 10.3. The number of aliphatic carboxylic acids is 1. The zero-order valence-corrected chi connectivity index (χ0v) is 20.4. The Bertz CT molecular complexity index is 1430. The van der Waals surface area contributed by atoms with Gasteiger partial charge in [-0.15, -0.1) is 0 Å². The van der Waals surface area contributed by atoms with Gasteiger partial charge in [-0.2, -0.15) is 10.1 Å². The molecule has 3 N–H and O–H groups in total. The SMILES string of the molecule is [C-]#[N+]C1CCN(c2nc(Nc3ccc(N4CCC5(CC4)CC5C(=O)O)cc3)c3c(=O)[nH]ncc3n2)CC1. The summed E-state index contributed by atoms with van der Waals surface area (Å²) >= 11 is 0. The van der Waals surface area contributed by atoms with E-state index in [0.717, 1.165) is 56.6 Å². The molecule has 37 heavy (non-hydrogen) atoms. The quantitative estimate of drug-likeness (QED) is 0.452. The van der Waals surface area contributed by atoms with Crippen molar-refractivity contribution in [2.75, 3.05) is 41.3 Å². The van der Waals surface area contributed by atoms with E-state index in [2.05, 4.69) is 35.1 Å². The summed E-state index contributed by atoms with van der Waals surface area (Å²) in [5.41, 5.74) is 1.98. The fourth-order valence-electron chi connectivity index (χ4n) is 5.77. The summed E-state index contributed by atoms with van der Waals surface area (Å²) in [6.07, 6.45) is 5.67. The molecule has 4 heterocycles. The van der Waals surface area contributed by atoms with E-state index in [0.29, 0.717) is 35.8 Å². The third kappa shape index (κ3) is 4.33. The Morgan fingerprint density at radius 3 is 2.49 bits per heavy atom. The van der Waals surface area contributed by atoms with Crippen molar-refractivity contribution in [3.8, 4) is 0 Å². The van der Waals surface area contributed by atoms with E-state index in [-0.39, 0.29) is 22.9 Å². The van der Waals surface area contributed by atoms with Crippen LogP contribution < -0.4 is 20.7 Å². The molecule has 2 aliphatic heterocycles. The normalized spacial score (nSPS) is 21.1. The van der Waals surface area contributed by atoms with Crippen molar-refractivity contribution >= 4 is 40.0 Å². The van der Waals surface area contributed by atoms with Crippen LogP contribution in [0.1, 0.15) is 32.1 Å². The molecule has 3 fully saturated rings. The average Bonchev–Trinajstić information content (AvgIpc) is 3.63. The minimum atomic E-state index is -0.660. The summed E-state index contributed by atoms with van der Waals surface area (Å²) in [7, 11) is 0. The average molecular weight is 501 g/mol. The van der Waals surface area contributed by atoms with E-state index in [9.17, 15) is 14.7 Å². The van der Waals surface area contributed by atoms with Crippen LogP contribution in [-0.2, 0) is 4.79 Å². The Hall–Kier alpha value is -4.20. The Labute approximate surface area is 213 Å². The van der Waals surface area contributed by atoms with E-state index in [4.69, 9.17) is 11.6 Å². The predicted octanol–water partition coefficient (Wildman–Crippen LogP) is 3.04. The van der Waals surface area contributed by atoms with Gasteiger partial charge in [0.05, 0.1) is 12.1 Å². The monoisotopic (exact) mass is 500 g/mol. The number of carboxylic acids is 1. The number of fused-ring (bicyclic) bond motifs is 1. The van der Waals surface area contributed by atoms with E-state index in [1.54, 1.807) is 0 Å². The lowest BCUT2D eigenvalue weighted by Crippen LogP contribution is -2.36. The molecule has 2 saturated heterocycles. The molecular formula is C26H28N8O3. The third-order valence-corrected chi connectivity index (χ3v) is 8.18. The first-order valence-corrected chi connectivity index (χ1v) is 12.7. The highest BCUT2D eigenvalue weighted by atomic mass is 16.4. The minimum absolute atomic E-state index is 0.00274. The number of carbonyl (C=O) groups is 1. The van der Waals surface area contributed by atoms with Crippen molar-refractivity contribution in [3.05, 3.63) is 52.2 Å². The van der Waals surface area contributed by atoms with Crippen LogP contribution in [-0.4, -0.2) is 63.5 Å². The Balaban J connectivity index is 1.21. The summed E-state index contributed by atoms with van der Waals surface area (Å²) < 4.78 is 0. The molecule has 0 radical (unpaired) electrons. The van der Waals surface area contributed by atoms with Crippen molar-refractivity contribution in [1.82, 2.24) is 20.2 Å². The van der Waals surface area contributed by atoms with Crippen LogP contribution in [0.5, 0.6) is 0 Å². The molecule has 11 heteroatoms. The fourth-order valence-corrected chi connectivity index (χ4v) is 5.77. The predicted molar refractivity (Wildman–Crippen MR) is 139 cm³/mol. The molecule has 1 aliphatic carbocycles. The van der Waals surface area contributed by atoms with Crippen molar-refractivity contribution < 1.29 is 9.90 Å². The van der Waals surface area contributed by atoms with Crippen LogP contribution in [0.25, 0.3) is 15.7 Å². The topological polar surface area (TPSA) is 132 Å². The smallest absolute Gasteiger partial charge is 0.307 e. The number of hydrogen-bond donors (Lipinski definition) is 3. The van der Waals surface area contributed by atoms with Crippen LogP contribution in [0.3, 0.4) is 0 Å².